The van der Waals surface area contributed by atoms with Crippen LogP contribution < -0.4 is 5.32 Å². The van der Waals surface area contributed by atoms with E-state index in [-0.39, 0.29) is 11.3 Å². The van der Waals surface area contributed by atoms with Crippen LogP contribution in [0.25, 0.3) is 11.0 Å². The number of imidazole rings is 1. The Morgan fingerprint density at radius 3 is 2.51 bits per heavy atom. The molecule has 5 nitrogen and oxygen atoms in total. The summed E-state index contributed by atoms with van der Waals surface area (Å²) in [6, 6.07) is 3.88. The van der Waals surface area contributed by atoms with E-state index in [1.165, 1.54) is 18.5 Å². The molecule has 1 aromatic heterocycles. The van der Waals surface area contributed by atoms with Crippen molar-refractivity contribution in [3.8, 4) is 0 Å². The van der Waals surface area contributed by atoms with Gasteiger partial charge in [0.05, 0.1) is 29.9 Å². The van der Waals surface area contributed by atoms with Gasteiger partial charge >= 0.3 is 6.18 Å². The number of aromatic nitrogens is 2. The minimum atomic E-state index is -4.52. The van der Waals surface area contributed by atoms with Crippen LogP contribution in [-0.4, -0.2) is 64.7 Å². The van der Waals surface area contributed by atoms with Crippen LogP contribution in [0.5, 0.6) is 0 Å². The molecule has 3 aromatic rings. The average molecular weight is 494 g/mol. The quantitative estimate of drug-likeness (QED) is 0.461. The molecule has 5 rings (SSSR count). The number of H-pyrrole nitrogens is 1. The number of hydrogen-bond donors (Lipinski definition) is 2. The molecule has 10 heteroatoms. The van der Waals surface area contributed by atoms with Crippen molar-refractivity contribution in [1.82, 2.24) is 19.8 Å². The Morgan fingerprint density at radius 1 is 1.11 bits per heavy atom. The molecule has 1 fully saturated rings. The third-order valence-electron chi connectivity index (χ3n) is 7.09. The van der Waals surface area contributed by atoms with Gasteiger partial charge in [0.2, 0.25) is 0 Å². The van der Waals surface area contributed by atoms with Crippen LogP contribution in [0, 0.1) is 11.6 Å². The maximum Gasteiger partial charge on any atom is 0.401 e. The normalized spacial score (nSPS) is 21.5. The van der Waals surface area contributed by atoms with Crippen LogP contribution in [0.1, 0.15) is 42.5 Å². The Labute approximate surface area is 200 Å². The van der Waals surface area contributed by atoms with Gasteiger partial charge in [0.1, 0.15) is 11.6 Å². The van der Waals surface area contributed by atoms with Crippen molar-refractivity contribution in [2.75, 3.05) is 38.0 Å². The van der Waals surface area contributed by atoms with E-state index in [2.05, 4.69) is 20.2 Å². The SMILES string of the molecule is C[C@@H]1Cc2c(ccc3[nH]cnc23)[C@@H](c2c(F)cc(NCCN3CCCC3)cc2F)N1CC(F)(F)F. The Kier molecular flexibility index (Phi) is 6.43. The molecule has 2 atom stereocenters. The van der Waals surface area contributed by atoms with Gasteiger partial charge in [0.25, 0.3) is 0 Å². The second-order valence-electron chi connectivity index (χ2n) is 9.50. The summed E-state index contributed by atoms with van der Waals surface area (Å²) in [5.41, 5.74) is 2.41. The molecule has 2 aliphatic rings. The van der Waals surface area contributed by atoms with Crippen molar-refractivity contribution in [3.05, 3.63) is 58.9 Å². The fraction of sp³-hybridized carbons (Fsp3) is 0.480. The molecular formula is C25H28F5N5. The standard InChI is InChI=1S/C25H28F5N5/c1-15-10-18-17(4-5-21-23(18)33-14-32-21)24(35(15)13-25(28,29)30)22-19(26)11-16(12-20(22)27)31-6-9-34-7-2-3-8-34/h4-5,11-12,14-15,24,31H,2-3,6-10,13H2,1H3,(H,32,33)/t15-,24+/m1/s1. The van der Waals surface area contributed by atoms with Gasteiger partial charge in [-0.1, -0.05) is 6.07 Å². The number of likely N-dealkylation sites (tertiary alicyclic amines) is 1. The zero-order chi connectivity index (χ0) is 24.7. The Hall–Kier alpha value is -2.72. The largest absolute Gasteiger partial charge is 0.401 e. The average Bonchev–Trinajstić information content (AvgIpc) is 3.46. The van der Waals surface area contributed by atoms with Crippen LogP contribution in [-0.2, 0) is 6.42 Å². The van der Waals surface area contributed by atoms with Gasteiger partial charge in [-0.2, -0.15) is 13.2 Å². The highest BCUT2D eigenvalue weighted by molar-refractivity contribution is 5.80. The second-order valence-corrected chi connectivity index (χ2v) is 9.50. The first-order valence-corrected chi connectivity index (χ1v) is 11.9. The molecule has 188 valence electrons. The van der Waals surface area contributed by atoms with Gasteiger partial charge in [0.15, 0.2) is 0 Å². The Bertz CT molecular complexity index is 1180. The van der Waals surface area contributed by atoms with E-state index in [1.807, 2.05) is 0 Å². The molecule has 3 heterocycles. The molecule has 0 spiro atoms. The van der Waals surface area contributed by atoms with Crippen LogP contribution in [0.2, 0.25) is 0 Å². The third kappa shape index (κ3) is 4.86. The molecule has 0 radical (unpaired) electrons. The summed E-state index contributed by atoms with van der Waals surface area (Å²) in [7, 11) is 0. The first-order valence-electron chi connectivity index (χ1n) is 11.9. The summed E-state index contributed by atoms with van der Waals surface area (Å²) in [5, 5.41) is 3.05. The van der Waals surface area contributed by atoms with E-state index in [0.717, 1.165) is 42.9 Å². The van der Waals surface area contributed by atoms with E-state index in [4.69, 9.17) is 0 Å². The van der Waals surface area contributed by atoms with Gasteiger partial charge < -0.3 is 15.2 Å². The lowest BCUT2D eigenvalue weighted by molar-refractivity contribution is -0.155. The van der Waals surface area contributed by atoms with Crippen molar-refractivity contribution in [3.63, 3.8) is 0 Å². The van der Waals surface area contributed by atoms with Crippen LogP contribution in [0.15, 0.2) is 30.6 Å². The number of aromatic amines is 1. The van der Waals surface area contributed by atoms with Gasteiger partial charge in [-0.15, -0.1) is 0 Å². The van der Waals surface area contributed by atoms with E-state index < -0.39 is 36.4 Å². The van der Waals surface area contributed by atoms with Gasteiger partial charge in [-0.3, -0.25) is 4.90 Å². The zero-order valence-electron chi connectivity index (χ0n) is 19.4. The highest BCUT2D eigenvalue weighted by Crippen LogP contribution is 2.43. The summed E-state index contributed by atoms with van der Waals surface area (Å²) < 4.78 is 71.6. The molecule has 35 heavy (non-hydrogen) atoms. The van der Waals surface area contributed by atoms with E-state index in [9.17, 15) is 13.2 Å². The highest BCUT2D eigenvalue weighted by Gasteiger charge is 2.43. The molecular weight excluding hydrogens is 465 g/mol. The summed E-state index contributed by atoms with van der Waals surface area (Å²) in [4.78, 5) is 10.7. The lowest BCUT2D eigenvalue weighted by Gasteiger charge is -2.42. The Morgan fingerprint density at radius 2 is 1.83 bits per heavy atom. The summed E-state index contributed by atoms with van der Waals surface area (Å²) in [6.07, 6.45) is -0.416. The van der Waals surface area contributed by atoms with Crippen LogP contribution in [0.3, 0.4) is 0 Å². The lowest BCUT2D eigenvalue weighted by atomic mass is 9.83. The second kappa shape index (κ2) is 9.39. The minimum absolute atomic E-state index is 0.275. The number of alkyl halides is 3. The van der Waals surface area contributed by atoms with E-state index in [0.29, 0.717) is 29.6 Å². The molecule has 2 N–H and O–H groups in total. The maximum atomic E-state index is 15.5. The predicted molar refractivity (Wildman–Crippen MR) is 124 cm³/mol. The molecule has 0 saturated carbocycles. The van der Waals surface area contributed by atoms with Crippen molar-refractivity contribution in [2.45, 2.75) is 44.4 Å². The minimum Gasteiger partial charge on any atom is -0.384 e. The molecule has 2 aliphatic heterocycles. The number of halogens is 5. The summed E-state index contributed by atoms with van der Waals surface area (Å²) in [6.45, 7) is 3.70. The van der Waals surface area contributed by atoms with Gasteiger partial charge in [-0.25, -0.2) is 13.8 Å². The molecule has 0 unspecified atom stereocenters. The first kappa shape index (κ1) is 24.0. The number of fused-ring (bicyclic) bond motifs is 3. The molecule has 2 aromatic carbocycles. The number of nitrogens with one attached hydrogen (secondary N) is 2. The predicted octanol–water partition coefficient (Wildman–Crippen LogP) is 5.25. The number of hydrogen-bond acceptors (Lipinski definition) is 4. The van der Waals surface area contributed by atoms with Crippen molar-refractivity contribution >= 4 is 16.7 Å². The molecule has 0 bridgehead atoms. The Balaban J connectivity index is 1.52. The van der Waals surface area contributed by atoms with E-state index in [1.54, 1.807) is 19.1 Å². The van der Waals surface area contributed by atoms with Crippen LogP contribution in [0.4, 0.5) is 27.6 Å². The molecule has 0 aliphatic carbocycles. The smallest absolute Gasteiger partial charge is 0.384 e. The summed E-state index contributed by atoms with van der Waals surface area (Å²) >= 11 is 0. The maximum absolute atomic E-state index is 15.5. The third-order valence-corrected chi connectivity index (χ3v) is 7.09. The fourth-order valence-electron chi connectivity index (χ4n) is 5.49. The van der Waals surface area contributed by atoms with Crippen molar-refractivity contribution in [2.24, 2.45) is 0 Å². The topological polar surface area (TPSA) is 47.2 Å². The van der Waals surface area contributed by atoms with E-state index >= 15 is 8.78 Å². The fourth-order valence-corrected chi connectivity index (χ4v) is 5.49. The van der Waals surface area contributed by atoms with Gasteiger partial charge in [0, 0.05) is 30.4 Å². The van der Waals surface area contributed by atoms with Crippen molar-refractivity contribution < 1.29 is 22.0 Å². The lowest BCUT2D eigenvalue weighted by Crippen LogP contribution is -2.47. The number of nitrogens with zero attached hydrogens (tertiary/aromatic N) is 3. The number of rotatable bonds is 6. The number of anilines is 1. The van der Waals surface area contributed by atoms with Crippen molar-refractivity contribution in [1.29, 1.82) is 0 Å². The first-order chi connectivity index (χ1) is 16.7. The molecule has 1 saturated heterocycles. The monoisotopic (exact) mass is 493 g/mol. The van der Waals surface area contributed by atoms with Gasteiger partial charge in [-0.05, 0) is 68.6 Å². The molecule has 0 amide bonds. The number of benzene rings is 2. The summed E-state index contributed by atoms with van der Waals surface area (Å²) in [5.74, 6) is -1.74. The zero-order valence-corrected chi connectivity index (χ0v) is 19.4. The van der Waals surface area contributed by atoms with Crippen LogP contribution >= 0.6 is 0 Å². The highest BCUT2D eigenvalue weighted by atomic mass is 19.4.